The van der Waals surface area contributed by atoms with Crippen LogP contribution in [0.5, 0.6) is 0 Å². The maximum absolute atomic E-state index is 12.1. The maximum atomic E-state index is 12.1. The molecule has 0 spiro atoms. The molecule has 1 aliphatic heterocycles. The zero-order valence-corrected chi connectivity index (χ0v) is 13.5. The summed E-state index contributed by atoms with van der Waals surface area (Å²) in [7, 11) is 0. The second kappa shape index (κ2) is 7.49. The molecule has 3 rings (SSSR count). The molecular weight excluding hydrogens is 312 g/mol. The largest absolute Gasteiger partial charge is 0.382 e. The molecule has 2 aromatic rings. The lowest BCUT2D eigenvalue weighted by Crippen LogP contribution is -2.27. The number of halogens is 1. The molecule has 4 nitrogen and oxygen atoms in total. The van der Waals surface area contributed by atoms with Gasteiger partial charge in [-0.3, -0.25) is 4.79 Å². The van der Waals surface area contributed by atoms with Crippen LogP contribution < -0.4 is 10.6 Å². The van der Waals surface area contributed by atoms with E-state index in [0.29, 0.717) is 16.6 Å². The Morgan fingerprint density at radius 2 is 1.57 bits per heavy atom. The topological polar surface area (TPSA) is 50.4 Å². The predicted molar refractivity (Wildman–Crippen MR) is 93.3 cm³/mol. The average molecular weight is 331 g/mol. The van der Waals surface area contributed by atoms with Crippen LogP contribution in [-0.4, -0.2) is 25.2 Å². The summed E-state index contributed by atoms with van der Waals surface area (Å²) < 4.78 is 5.35. The number of benzene rings is 2. The molecule has 0 bridgehead atoms. The minimum atomic E-state index is -0.146. The van der Waals surface area contributed by atoms with Crippen molar-refractivity contribution in [1.82, 2.24) is 0 Å². The fourth-order valence-corrected chi connectivity index (χ4v) is 2.66. The van der Waals surface area contributed by atoms with Crippen LogP contribution in [0.2, 0.25) is 5.02 Å². The molecular formula is C18H19ClN2O2. The van der Waals surface area contributed by atoms with E-state index in [4.69, 9.17) is 16.3 Å². The molecule has 0 radical (unpaired) electrons. The van der Waals surface area contributed by atoms with Crippen LogP contribution in [0.3, 0.4) is 0 Å². The monoisotopic (exact) mass is 330 g/mol. The summed E-state index contributed by atoms with van der Waals surface area (Å²) in [5.41, 5.74) is 2.41. The van der Waals surface area contributed by atoms with Gasteiger partial charge in [-0.05, 0) is 61.4 Å². The van der Waals surface area contributed by atoms with Crippen molar-refractivity contribution in [3.8, 4) is 0 Å². The fourth-order valence-electron chi connectivity index (χ4n) is 2.53. The van der Waals surface area contributed by atoms with Crippen molar-refractivity contribution < 1.29 is 9.53 Å². The third kappa shape index (κ3) is 4.47. The first-order valence-electron chi connectivity index (χ1n) is 7.72. The van der Waals surface area contributed by atoms with Gasteiger partial charge in [0.1, 0.15) is 0 Å². The number of nitrogens with one attached hydrogen (secondary N) is 2. The number of anilines is 2. The number of rotatable bonds is 4. The Labute approximate surface area is 140 Å². The minimum absolute atomic E-state index is 0.146. The van der Waals surface area contributed by atoms with Gasteiger partial charge in [-0.25, -0.2) is 0 Å². The van der Waals surface area contributed by atoms with Crippen molar-refractivity contribution in [2.45, 2.75) is 18.9 Å². The van der Waals surface area contributed by atoms with E-state index in [1.165, 1.54) is 0 Å². The van der Waals surface area contributed by atoms with Gasteiger partial charge in [0.15, 0.2) is 0 Å². The molecule has 1 amide bonds. The summed E-state index contributed by atoms with van der Waals surface area (Å²) in [5, 5.41) is 6.99. The number of ether oxygens (including phenoxy) is 1. The highest BCUT2D eigenvalue weighted by molar-refractivity contribution is 6.30. The number of hydrogen-bond acceptors (Lipinski definition) is 3. The summed E-state index contributed by atoms with van der Waals surface area (Å²) in [6.07, 6.45) is 2.05. The summed E-state index contributed by atoms with van der Waals surface area (Å²) >= 11 is 5.83. The Bertz CT molecular complexity index is 650. The fraction of sp³-hybridized carbons (Fsp3) is 0.278. The zero-order valence-electron chi connectivity index (χ0n) is 12.7. The predicted octanol–water partition coefficient (Wildman–Crippen LogP) is 4.18. The summed E-state index contributed by atoms with van der Waals surface area (Å²) in [6.45, 7) is 1.62. The van der Waals surface area contributed by atoms with Gasteiger partial charge in [0.25, 0.3) is 5.91 Å². The quantitative estimate of drug-likeness (QED) is 0.884. The molecule has 1 saturated heterocycles. The summed E-state index contributed by atoms with van der Waals surface area (Å²) in [5.74, 6) is -0.146. The lowest BCUT2D eigenvalue weighted by atomic mass is 10.1. The lowest BCUT2D eigenvalue weighted by Gasteiger charge is -2.24. The van der Waals surface area contributed by atoms with Crippen LogP contribution in [-0.2, 0) is 4.74 Å². The Morgan fingerprint density at radius 3 is 2.22 bits per heavy atom. The molecule has 0 unspecified atom stereocenters. The molecule has 1 fully saturated rings. The highest BCUT2D eigenvalue weighted by Gasteiger charge is 2.13. The normalized spacial score (nSPS) is 15.2. The van der Waals surface area contributed by atoms with Crippen molar-refractivity contribution in [3.63, 3.8) is 0 Å². The van der Waals surface area contributed by atoms with Crippen molar-refractivity contribution in [2.75, 3.05) is 23.8 Å². The highest BCUT2D eigenvalue weighted by Crippen LogP contribution is 2.18. The van der Waals surface area contributed by atoms with Gasteiger partial charge in [-0.2, -0.15) is 0 Å². The summed E-state index contributed by atoms with van der Waals surface area (Å²) in [6, 6.07) is 15.0. The van der Waals surface area contributed by atoms with Crippen molar-refractivity contribution >= 4 is 28.9 Å². The van der Waals surface area contributed by atoms with E-state index < -0.39 is 0 Å². The Hall–Kier alpha value is -2.04. The van der Waals surface area contributed by atoms with Gasteiger partial charge >= 0.3 is 0 Å². The van der Waals surface area contributed by atoms with Gasteiger partial charge in [0.05, 0.1) is 0 Å². The molecule has 0 aliphatic carbocycles. The molecule has 0 atom stereocenters. The van der Waals surface area contributed by atoms with Crippen LogP contribution in [0.25, 0.3) is 0 Å². The maximum Gasteiger partial charge on any atom is 0.255 e. The van der Waals surface area contributed by atoms with Gasteiger partial charge in [-0.1, -0.05) is 11.6 Å². The Balaban J connectivity index is 1.58. The van der Waals surface area contributed by atoms with E-state index in [-0.39, 0.29) is 5.91 Å². The van der Waals surface area contributed by atoms with E-state index in [2.05, 4.69) is 10.6 Å². The highest BCUT2D eigenvalue weighted by atomic mass is 35.5. The summed E-state index contributed by atoms with van der Waals surface area (Å²) in [4.78, 5) is 12.1. The number of amides is 1. The number of carbonyl (C=O) groups excluding carboxylic acids is 1. The van der Waals surface area contributed by atoms with E-state index in [0.717, 1.165) is 37.4 Å². The van der Waals surface area contributed by atoms with Crippen LogP contribution in [0.15, 0.2) is 48.5 Å². The van der Waals surface area contributed by atoms with Crippen molar-refractivity contribution in [2.24, 2.45) is 0 Å². The van der Waals surface area contributed by atoms with Crippen LogP contribution in [0.4, 0.5) is 11.4 Å². The van der Waals surface area contributed by atoms with Gasteiger partial charge in [-0.15, -0.1) is 0 Å². The SMILES string of the molecule is O=C(Nc1ccc(NC2CCOCC2)cc1)c1ccc(Cl)cc1. The van der Waals surface area contributed by atoms with Crippen LogP contribution >= 0.6 is 11.6 Å². The number of hydrogen-bond donors (Lipinski definition) is 2. The Morgan fingerprint density at radius 1 is 0.957 bits per heavy atom. The average Bonchev–Trinajstić information content (AvgIpc) is 2.58. The molecule has 2 N–H and O–H groups in total. The third-order valence-corrected chi connectivity index (χ3v) is 4.09. The van der Waals surface area contributed by atoms with Crippen molar-refractivity contribution in [1.29, 1.82) is 0 Å². The van der Waals surface area contributed by atoms with Crippen LogP contribution in [0.1, 0.15) is 23.2 Å². The second-order valence-corrected chi connectivity index (χ2v) is 6.01. The zero-order chi connectivity index (χ0) is 16.1. The van der Waals surface area contributed by atoms with E-state index in [1.54, 1.807) is 24.3 Å². The molecule has 2 aromatic carbocycles. The Kier molecular flexibility index (Phi) is 5.16. The molecule has 120 valence electrons. The molecule has 5 heteroatoms. The van der Waals surface area contributed by atoms with Crippen LogP contribution in [0, 0.1) is 0 Å². The third-order valence-electron chi connectivity index (χ3n) is 3.84. The molecule has 23 heavy (non-hydrogen) atoms. The minimum Gasteiger partial charge on any atom is -0.382 e. The van der Waals surface area contributed by atoms with E-state index in [9.17, 15) is 4.79 Å². The molecule has 0 aromatic heterocycles. The first-order valence-corrected chi connectivity index (χ1v) is 8.10. The van der Waals surface area contributed by atoms with Gasteiger partial charge < -0.3 is 15.4 Å². The standard InChI is InChI=1S/C18H19ClN2O2/c19-14-3-1-13(2-4-14)18(22)21-16-7-5-15(6-8-16)20-17-9-11-23-12-10-17/h1-8,17,20H,9-12H2,(H,21,22). The van der Waals surface area contributed by atoms with Gasteiger partial charge in [0.2, 0.25) is 0 Å². The molecule has 0 saturated carbocycles. The van der Waals surface area contributed by atoms with E-state index >= 15 is 0 Å². The molecule has 1 heterocycles. The molecule has 1 aliphatic rings. The lowest BCUT2D eigenvalue weighted by molar-refractivity contribution is 0.0904. The van der Waals surface area contributed by atoms with Crippen molar-refractivity contribution in [3.05, 3.63) is 59.1 Å². The number of carbonyl (C=O) groups is 1. The smallest absolute Gasteiger partial charge is 0.255 e. The first-order chi connectivity index (χ1) is 11.2. The van der Waals surface area contributed by atoms with Gasteiger partial charge in [0, 0.05) is 41.2 Å². The second-order valence-electron chi connectivity index (χ2n) is 5.57. The first kappa shape index (κ1) is 15.8. The van der Waals surface area contributed by atoms with E-state index in [1.807, 2.05) is 24.3 Å².